The van der Waals surface area contributed by atoms with E-state index in [2.05, 4.69) is 188 Å². The molecule has 2 heteroatoms. The van der Waals surface area contributed by atoms with Crippen LogP contribution in [0.15, 0.2) is 140 Å². The van der Waals surface area contributed by atoms with Gasteiger partial charge in [-0.15, -0.1) is 0 Å². The van der Waals surface area contributed by atoms with Crippen LogP contribution in [-0.2, 0) is 10.8 Å². The zero-order valence-corrected chi connectivity index (χ0v) is 30.0. The summed E-state index contributed by atoms with van der Waals surface area (Å²) in [6.45, 7) is 15.9. The molecule has 0 atom stereocenters. The molecule has 0 N–H and O–H groups in total. The molecule has 5 aromatic rings. The smallest absolute Gasteiger partial charge is 0.200 e. The largest absolute Gasteiger partial charge is 0.357 e. The average molecular weight is 693 g/mol. The van der Waals surface area contributed by atoms with Crippen LogP contribution in [-0.4, -0.2) is 6.15 Å². The Morgan fingerprint density at radius 2 is 0.773 bits per heavy atom. The van der Waals surface area contributed by atoms with Gasteiger partial charge in [-0.1, -0.05) is 177 Å². The lowest BCUT2D eigenvalue weighted by atomic mass is 9.14. The minimum absolute atomic E-state index is 0.0703. The lowest BCUT2D eigenvalue weighted by Gasteiger charge is -2.43. The van der Waals surface area contributed by atoms with Gasteiger partial charge in [-0.25, -0.2) is 0 Å². The van der Waals surface area contributed by atoms with Crippen LogP contribution >= 0.6 is 0 Å². The summed E-state index contributed by atoms with van der Waals surface area (Å²) in [5.41, 5.74) is 7.64. The fraction of sp³-hybridized carbons (Fsp3) is 0.286. The highest BCUT2D eigenvalue weighted by molar-refractivity contribution is 7.11. The van der Waals surface area contributed by atoms with Gasteiger partial charge in [0.25, 0.3) is 0 Å². The van der Waals surface area contributed by atoms with Gasteiger partial charge < -0.3 is 0 Å². The van der Waals surface area contributed by atoms with E-state index in [0.717, 1.165) is 0 Å². The van der Waals surface area contributed by atoms with Crippen molar-refractivity contribution in [3.8, 4) is 0 Å². The monoisotopic (exact) mass is 692 g/mol. The van der Waals surface area contributed by atoms with Gasteiger partial charge in [-0.05, 0) is 46.2 Å². The van der Waals surface area contributed by atoms with Crippen molar-refractivity contribution in [1.29, 1.82) is 0 Å². The van der Waals surface area contributed by atoms with Crippen LogP contribution in [0, 0.1) is 7.14 Å². The Morgan fingerprint density at radius 1 is 0.455 bits per heavy atom. The third kappa shape index (κ3) is 8.75. The van der Waals surface area contributed by atoms with E-state index in [1.54, 1.807) is 0 Å². The van der Waals surface area contributed by atoms with Gasteiger partial charge in [-0.3, -0.25) is 0 Å². The van der Waals surface area contributed by atoms with Crippen molar-refractivity contribution in [2.45, 2.75) is 78.5 Å². The molecule has 0 spiro atoms. The molecule has 0 unspecified atom stereocenters. The molecule has 0 aliphatic heterocycles. The van der Waals surface area contributed by atoms with Crippen molar-refractivity contribution >= 4 is 22.5 Å². The SMILES string of the molecule is CC(C)(C)c1ccc([I+]c2ccc(C(C)(C)C)cc2)cc1.CCCC[B-](c1ccccc1)(c1ccccc1)c1ccccc1. The molecule has 0 aliphatic rings. The maximum atomic E-state index is 2.31. The highest BCUT2D eigenvalue weighted by atomic mass is 127. The quantitative estimate of drug-likeness (QED) is 0.131. The molecule has 44 heavy (non-hydrogen) atoms. The average Bonchev–Trinajstić information content (AvgIpc) is 3.03. The van der Waals surface area contributed by atoms with Crippen LogP contribution in [0.2, 0.25) is 6.32 Å². The first kappa shape index (κ1) is 33.8. The molecule has 0 nitrogen and oxygen atoms in total. The summed E-state index contributed by atoms with van der Waals surface area (Å²) in [6.07, 6.45) is 2.73. The molecule has 5 aromatic carbocycles. The summed E-state index contributed by atoms with van der Waals surface area (Å²) in [4.78, 5) is 0. The van der Waals surface area contributed by atoms with Gasteiger partial charge >= 0.3 is 21.2 Å². The van der Waals surface area contributed by atoms with Crippen molar-refractivity contribution in [3.05, 3.63) is 158 Å². The summed E-state index contributed by atoms with van der Waals surface area (Å²) in [5, 5.41) is 0. The molecule has 0 aliphatic carbocycles. The molecule has 5 rings (SSSR count). The summed E-state index contributed by atoms with van der Waals surface area (Å²) >= 11 is -0.0703. The van der Waals surface area contributed by atoms with Gasteiger partial charge in [0.15, 0.2) is 7.14 Å². The molecule has 0 saturated heterocycles. The standard InChI is InChI=1S/C22H24B.C20H26I/c1-2-3-19-23(20-13-7-4-8-14-20,21-15-9-5-10-16-21)22-17-11-6-12-18-22;1-19(2,3)15-7-11-17(12-8-15)21-18-13-9-16(10-14-18)20(4,5)6/h4-18H,2-3,19H2,1H3;7-14H,1-6H3/q-1;+1. The first-order valence-corrected chi connectivity index (χ1v) is 18.4. The van der Waals surface area contributed by atoms with E-state index in [1.807, 2.05) is 0 Å². The molecule has 0 radical (unpaired) electrons. The number of rotatable bonds is 8. The number of hydrogen-bond donors (Lipinski definition) is 0. The molecule has 0 amide bonds. The van der Waals surface area contributed by atoms with Crippen molar-refractivity contribution in [3.63, 3.8) is 0 Å². The maximum absolute atomic E-state index is 2.31. The predicted molar refractivity (Wildman–Crippen MR) is 191 cm³/mol. The van der Waals surface area contributed by atoms with Crippen LogP contribution in [0.5, 0.6) is 0 Å². The third-order valence-corrected chi connectivity index (χ3v) is 11.4. The molecular formula is C42H50BI. The van der Waals surface area contributed by atoms with E-state index < -0.39 is 6.15 Å². The van der Waals surface area contributed by atoms with Crippen LogP contribution in [0.3, 0.4) is 0 Å². The van der Waals surface area contributed by atoms with E-state index in [0.29, 0.717) is 0 Å². The summed E-state index contributed by atoms with van der Waals surface area (Å²) < 4.78 is 2.98. The van der Waals surface area contributed by atoms with Crippen LogP contribution in [0.1, 0.15) is 72.4 Å². The van der Waals surface area contributed by atoms with Crippen molar-refractivity contribution in [2.24, 2.45) is 0 Å². The first-order chi connectivity index (χ1) is 21.0. The topological polar surface area (TPSA) is 0 Å². The maximum Gasteiger partial charge on any atom is 0.357 e. The Labute approximate surface area is 278 Å². The molecule has 228 valence electrons. The zero-order chi connectivity index (χ0) is 31.6. The van der Waals surface area contributed by atoms with Crippen molar-refractivity contribution < 1.29 is 21.2 Å². The molecular weight excluding hydrogens is 642 g/mol. The van der Waals surface area contributed by atoms with Gasteiger partial charge in [0.05, 0.1) is 6.15 Å². The second-order valence-electron chi connectivity index (χ2n) is 14.0. The minimum atomic E-state index is -0.913. The highest BCUT2D eigenvalue weighted by Crippen LogP contribution is 2.22. The Hall–Kier alpha value is -3.11. The Bertz CT molecular complexity index is 1370. The fourth-order valence-electron chi connectivity index (χ4n) is 6.08. The third-order valence-electron chi connectivity index (χ3n) is 8.74. The predicted octanol–water partition coefficient (Wildman–Crippen LogP) is 6.37. The van der Waals surface area contributed by atoms with Crippen molar-refractivity contribution in [1.82, 2.24) is 0 Å². The van der Waals surface area contributed by atoms with Crippen molar-refractivity contribution in [2.75, 3.05) is 0 Å². The van der Waals surface area contributed by atoms with Gasteiger partial charge in [0, 0.05) is 0 Å². The summed E-state index contributed by atoms with van der Waals surface area (Å²) in [5.74, 6) is 0. The molecule has 0 aromatic heterocycles. The number of hydrogen-bond acceptors (Lipinski definition) is 0. The van der Waals surface area contributed by atoms with Gasteiger partial charge in [0.1, 0.15) is 0 Å². The lowest BCUT2D eigenvalue weighted by molar-refractivity contribution is -0.597. The summed E-state index contributed by atoms with van der Waals surface area (Å²) in [7, 11) is 0. The molecule has 0 heterocycles. The van der Waals surface area contributed by atoms with E-state index in [4.69, 9.17) is 0 Å². The van der Waals surface area contributed by atoms with Crippen LogP contribution in [0.25, 0.3) is 0 Å². The second-order valence-corrected chi connectivity index (χ2v) is 17.1. The van der Waals surface area contributed by atoms with E-state index in [1.165, 1.54) is 53.8 Å². The fourth-order valence-corrected chi connectivity index (χ4v) is 8.24. The minimum Gasteiger partial charge on any atom is -0.200 e. The second kappa shape index (κ2) is 15.3. The van der Waals surface area contributed by atoms with Crippen LogP contribution in [0.4, 0.5) is 0 Å². The number of halogens is 1. The van der Waals surface area contributed by atoms with E-state index in [9.17, 15) is 0 Å². The van der Waals surface area contributed by atoms with E-state index >= 15 is 0 Å². The number of benzene rings is 5. The normalized spacial score (nSPS) is 11.9. The van der Waals surface area contributed by atoms with E-state index in [-0.39, 0.29) is 32.0 Å². The lowest BCUT2D eigenvalue weighted by Crippen LogP contribution is -3.61. The van der Waals surface area contributed by atoms with Crippen LogP contribution < -0.4 is 37.6 Å². The highest BCUT2D eigenvalue weighted by Gasteiger charge is 2.29. The Kier molecular flexibility index (Phi) is 11.7. The Morgan fingerprint density at radius 3 is 1.05 bits per heavy atom. The zero-order valence-electron chi connectivity index (χ0n) is 27.9. The van der Waals surface area contributed by atoms with Gasteiger partial charge in [0.2, 0.25) is 0 Å². The first-order valence-electron chi connectivity index (χ1n) is 16.2. The molecule has 0 saturated carbocycles. The summed E-state index contributed by atoms with van der Waals surface area (Å²) in [6, 6.07) is 51.6. The molecule has 0 fully saturated rings. The molecule has 0 bridgehead atoms. The Balaban J connectivity index is 0.000000202. The van der Waals surface area contributed by atoms with Gasteiger partial charge in [-0.2, -0.15) is 22.7 Å². The number of unbranched alkanes of at least 4 members (excludes halogenated alkanes) is 1.